The summed E-state index contributed by atoms with van der Waals surface area (Å²) in [7, 11) is 3.29. The molecule has 0 radical (unpaired) electrons. The summed E-state index contributed by atoms with van der Waals surface area (Å²) in [5.74, 6) is 0.103. The van der Waals surface area contributed by atoms with Crippen LogP contribution in [-0.4, -0.2) is 54.3 Å². The Bertz CT molecular complexity index is 986. The number of nitrogens with one attached hydrogen (secondary N) is 1. The van der Waals surface area contributed by atoms with Crippen LogP contribution in [0.3, 0.4) is 0 Å². The highest BCUT2D eigenvalue weighted by Crippen LogP contribution is 2.41. The molecule has 1 unspecified atom stereocenters. The van der Waals surface area contributed by atoms with E-state index in [0.717, 1.165) is 24.2 Å². The van der Waals surface area contributed by atoms with Gasteiger partial charge in [-0.05, 0) is 42.2 Å². The summed E-state index contributed by atoms with van der Waals surface area (Å²) in [5, 5.41) is 2.74. The highest BCUT2D eigenvalue weighted by molar-refractivity contribution is 6.05. The van der Waals surface area contributed by atoms with Crippen LogP contribution in [0.1, 0.15) is 40.4 Å². The first-order valence-corrected chi connectivity index (χ1v) is 10.1. The van der Waals surface area contributed by atoms with Crippen LogP contribution in [0.5, 0.6) is 5.75 Å². The largest absolute Gasteiger partial charge is 0.497 e. The number of hydrogen-bond acceptors (Lipinski definition) is 4. The van der Waals surface area contributed by atoms with Crippen molar-refractivity contribution in [3.63, 3.8) is 0 Å². The van der Waals surface area contributed by atoms with E-state index < -0.39 is 6.04 Å². The van der Waals surface area contributed by atoms with Crippen molar-refractivity contribution in [2.45, 2.75) is 31.5 Å². The number of ether oxygens (including phenoxy) is 1. The van der Waals surface area contributed by atoms with Gasteiger partial charge in [0.25, 0.3) is 5.91 Å². The second-order valence-corrected chi connectivity index (χ2v) is 7.75. The highest BCUT2D eigenvalue weighted by atomic mass is 16.5. The first kappa shape index (κ1) is 19.9. The zero-order chi connectivity index (χ0) is 21.3. The van der Waals surface area contributed by atoms with Gasteiger partial charge in [-0.15, -0.1) is 0 Å². The van der Waals surface area contributed by atoms with Gasteiger partial charge in [0, 0.05) is 25.2 Å². The Morgan fingerprint density at radius 2 is 1.93 bits per heavy atom. The summed E-state index contributed by atoms with van der Waals surface area (Å²) in [6.07, 6.45) is 1.82. The number of rotatable bonds is 7. The summed E-state index contributed by atoms with van der Waals surface area (Å²) in [4.78, 5) is 41.5. The van der Waals surface area contributed by atoms with Crippen molar-refractivity contribution in [1.82, 2.24) is 15.1 Å². The number of methoxy groups -OCH3 is 1. The number of nitrogens with zero attached hydrogens (tertiary/aromatic N) is 2. The third-order valence-corrected chi connectivity index (χ3v) is 5.58. The van der Waals surface area contributed by atoms with E-state index in [1.807, 2.05) is 36.4 Å². The van der Waals surface area contributed by atoms with Crippen molar-refractivity contribution in [3.05, 3.63) is 65.2 Å². The Morgan fingerprint density at radius 3 is 2.67 bits per heavy atom. The van der Waals surface area contributed by atoms with E-state index in [9.17, 15) is 14.4 Å². The zero-order valence-electron chi connectivity index (χ0n) is 17.1. The molecule has 1 fully saturated rings. The molecular formula is C23H25N3O4. The molecule has 3 amide bonds. The molecule has 2 aliphatic rings. The minimum atomic E-state index is -0.669. The van der Waals surface area contributed by atoms with Crippen molar-refractivity contribution in [1.29, 1.82) is 0 Å². The van der Waals surface area contributed by atoms with Crippen LogP contribution in [0.4, 0.5) is 0 Å². The van der Waals surface area contributed by atoms with E-state index in [-0.39, 0.29) is 30.3 Å². The van der Waals surface area contributed by atoms with Crippen LogP contribution in [-0.2, 0) is 16.1 Å². The van der Waals surface area contributed by atoms with Crippen molar-refractivity contribution >= 4 is 17.7 Å². The monoisotopic (exact) mass is 407 g/mol. The quantitative estimate of drug-likeness (QED) is 0.763. The number of fused-ring (bicyclic) bond motifs is 1. The van der Waals surface area contributed by atoms with Crippen LogP contribution in [0.25, 0.3) is 0 Å². The third kappa shape index (κ3) is 3.87. The summed E-state index contributed by atoms with van der Waals surface area (Å²) in [5.41, 5.74) is 2.22. The average molecular weight is 407 g/mol. The fraction of sp³-hybridized carbons (Fsp3) is 0.348. The van der Waals surface area contributed by atoms with E-state index in [4.69, 9.17) is 4.74 Å². The number of benzene rings is 2. The second-order valence-electron chi connectivity index (χ2n) is 7.75. The van der Waals surface area contributed by atoms with Gasteiger partial charge in [-0.25, -0.2) is 0 Å². The van der Waals surface area contributed by atoms with E-state index in [0.29, 0.717) is 17.7 Å². The maximum atomic E-state index is 13.0. The maximum absolute atomic E-state index is 13.0. The van der Waals surface area contributed by atoms with Gasteiger partial charge in [0.1, 0.15) is 11.8 Å². The fourth-order valence-corrected chi connectivity index (χ4v) is 3.86. The van der Waals surface area contributed by atoms with Crippen LogP contribution < -0.4 is 10.1 Å². The first-order chi connectivity index (χ1) is 14.5. The summed E-state index contributed by atoms with van der Waals surface area (Å²) in [6, 6.07) is 14.1. The fourth-order valence-electron chi connectivity index (χ4n) is 3.86. The SMILES string of the molecule is COc1cccc(CN(C)C(=O)CNC(=O)C2c3ccccc3C(=O)N2C2CC2)c1. The Labute approximate surface area is 175 Å². The van der Waals surface area contributed by atoms with Gasteiger partial charge in [-0.2, -0.15) is 0 Å². The predicted molar refractivity (Wildman–Crippen MR) is 111 cm³/mol. The summed E-state index contributed by atoms with van der Waals surface area (Å²) < 4.78 is 5.21. The molecule has 1 heterocycles. The zero-order valence-corrected chi connectivity index (χ0v) is 17.1. The Morgan fingerprint density at radius 1 is 1.17 bits per heavy atom. The molecule has 7 heteroatoms. The standard InChI is InChI=1S/C23H25N3O4/c1-25(14-15-6-5-7-17(12-15)30-2)20(27)13-24-22(28)21-18-8-3-4-9-19(18)23(29)26(21)16-10-11-16/h3-9,12,16,21H,10-11,13-14H2,1-2H3,(H,24,28). The normalized spacial score (nSPS) is 17.5. The molecule has 2 aromatic rings. The predicted octanol–water partition coefficient (Wildman–Crippen LogP) is 2.13. The van der Waals surface area contributed by atoms with Gasteiger partial charge in [-0.1, -0.05) is 30.3 Å². The molecule has 0 spiro atoms. The van der Waals surface area contributed by atoms with Gasteiger partial charge in [-0.3, -0.25) is 14.4 Å². The molecule has 0 saturated heterocycles. The van der Waals surface area contributed by atoms with Gasteiger partial charge in [0.2, 0.25) is 11.8 Å². The number of carbonyl (C=O) groups is 3. The molecule has 30 heavy (non-hydrogen) atoms. The minimum Gasteiger partial charge on any atom is -0.497 e. The van der Waals surface area contributed by atoms with E-state index >= 15 is 0 Å². The maximum Gasteiger partial charge on any atom is 0.255 e. The van der Waals surface area contributed by atoms with E-state index in [1.54, 1.807) is 36.1 Å². The molecule has 0 bridgehead atoms. The molecular weight excluding hydrogens is 382 g/mol. The molecule has 1 saturated carbocycles. The summed E-state index contributed by atoms with van der Waals surface area (Å²) >= 11 is 0. The molecule has 4 rings (SSSR count). The highest BCUT2D eigenvalue weighted by Gasteiger charge is 2.47. The second kappa shape index (κ2) is 8.18. The number of carbonyl (C=O) groups excluding carboxylic acids is 3. The Kier molecular flexibility index (Phi) is 5.44. The first-order valence-electron chi connectivity index (χ1n) is 10.1. The van der Waals surface area contributed by atoms with Gasteiger partial charge in [0.15, 0.2) is 0 Å². The van der Waals surface area contributed by atoms with Crippen molar-refractivity contribution in [2.24, 2.45) is 0 Å². The lowest BCUT2D eigenvalue weighted by Gasteiger charge is -2.25. The minimum absolute atomic E-state index is 0.102. The number of likely N-dealkylation sites (N-methyl/N-ethyl adjacent to an activating group) is 1. The molecule has 2 aromatic carbocycles. The van der Waals surface area contributed by atoms with E-state index in [2.05, 4.69) is 5.32 Å². The topological polar surface area (TPSA) is 79.0 Å². The molecule has 1 aliphatic heterocycles. The lowest BCUT2D eigenvalue weighted by atomic mass is 10.0. The van der Waals surface area contributed by atoms with Crippen LogP contribution in [0.15, 0.2) is 48.5 Å². The Balaban J connectivity index is 1.40. The number of hydrogen-bond donors (Lipinski definition) is 1. The lowest BCUT2D eigenvalue weighted by molar-refractivity contribution is -0.133. The molecule has 7 nitrogen and oxygen atoms in total. The van der Waals surface area contributed by atoms with Crippen molar-refractivity contribution in [2.75, 3.05) is 20.7 Å². The molecule has 1 atom stereocenters. The van der Waals surface area contributed by atoms with Gasteiger partial charge < -0.3 is 19.9 Å². The molecule has 1 aliphatic carbocycles. The van der Waals surface area contributed by atoms with Crippen LogP contribution in [0, 0.1) is 0 Å². The van der Waals surface area contributed by atoms with E-state index in [1.165, 1.54) is 0 Å². The van der Waals surface area contributed by atoms with Gasteiger partial charge >= 0.3 is 0 Å². The number of amides is 3. The van der Waals surface area contributed by atoms with Crippen molar-refractivity contribution in [3.8, 4) is 5.75 Å². The van der Waals surface area contributed by atoms with Crippen molar-refractivity contribution < 1.29 is 19.1 Å². The van der Waals surface area contributed by atoms with Crippen LogP contribution in [0.2, 0.25) is 0 Å². The third-order valence-electron chi connectivity index (χ3n) is 5.58. The van der Waals surface area contributed by atoms with Gasteiger partial charge in [0.05, 0.1) is 13.7 Å². The lowest BCUT2D eigenvalue weighted by Crippen LogP contribution is -2.44. The molecule has 0 aromatic heterocycles. The molecule has 1 N–H and O–H groups in total. The molecule has 156 valence electrons. The summed E-state index contributed by atoms with van der Waals surface area (Å²) in [6.45, 7) is 0.287. The average Bonchev–Trinajstić information content (AvgIpc) is 3.56. The smallest absolute Gasteiger partial charge is 0.255 e. The van der Waals surface area contributed by atoms with Crippen LogP contribution >= 0.6 is 0 Å². The Hall–Kier alpha value is -3.35.